The monoisotopic (exact) mass is 728 g/mol. The van der Waals surface area contributed by atoms with Crippen LogP contribution >= 0.6 is 0 Å². The first-order valence-electron chi connectivity index (χ1n) is 17.8. The third-order valence-corrected chi connectivity index (χ3v) is 8.33. The first-order chi connectivity index (χ1) is 26.6. The summed E-state index contributed by atoms with van der Waals surface area (Å²) in [6, 6.07) is 47.4. The minimum absolute atomic E-state index is 0.0835. The number of rotatable bonds is 19. The largest absolute Gasteiger partial charge is 0.491 e. The van der Waals surface area contributed by atoms with Gasteiger partial charge in [-0.15, -0.1) is 0 Å². The average Bonchev–Trinajstić information content (AvgIpc) is 3.22. The summed E-state index contributed by atoms with van der Waals surface area (Å²) in [7, 11) is 0. The lowest BCUT2D eigenvalue weighted by Gasteiger charge is -2.27. The van der Waals surface area contributed by atoms with Crippen molar-refractivity contribution in [2.24, 2.45) is 0 Å². The molecule has 0 saturated carbocycles. The van der Waals surface area contributed by atoms with Crippen molar-refractivity contribution in [3.63, 3.8) is 0 Å². The number of aliphatic hydroxyl groups is 4. The molecule has 6 aromatic carbocycles. The van der Waals surface area contributed by atoms with E-state index in [0.29, 0.717) is 23.0 Å². The van der Waals surface area contributed by atoms with E-state index in [4.69, 9.17) is 18.9 Å². The summed E-state index contributed by atoms with van der Waals surface area (Å²) >= 11 is 0. The lowest BCUT2D eigenvalue weighted by molar-refractivity contribution is 0.201. The molecule has 6 aromatic rings. The van der Waals surface area contributed by atoms with Crippen LogP contribution in [-0.4, -0.2) is 73.3 Å². The Labute approximate surface area is 315 Å². The molecule has 54 heavy (non-hydrogen) atoms. The van der Waals surface area contributed by atoms with Crippen LogP contribution in [0.1, 0.15) is 0 Å². The average molecular weight is 729 g/mol. The summed E-state index contributed by atoms with van der Waals surface area (Å²) in [5.41, 5.74) is 7.30. The zero-order valence-corrected chi connectivity index (χ0v) is 29.8. The molecule has 10 nitrogen and oxygen atoms in total. The molecule has 0 atom stereocenters. The number of hydrogen-bond donors (Lipinski definition) is 4. The van der Waals surface area contributed by atoms with Gasteiger partial charge in [0.1, 0.15) is 49.4 Å². The van der Waals surface area contributed by atoms with Crippen molar-refractivity contribution in [3.8, 4) is 34.1 Å². The lowest BCUT2D eigenvalue weighted by Crippen LogP contribution is -2.11. The second kappa shape index (κ2) is 19.2. The Bertz CT molecular complexity index is 1800. The first kappa shape index (κ1) is 37.7. The van der Waals surface area contributed by atoms with Crippen molar-refractivity contribution >= 4 is 34.1 Å². The van der Waals surface area contributed by atoms with E-state index in [1.54, 1.807) is 0 Å². The predicted molar refractivity (Wildman–Crippen MR) is 212 cm³/mol. The predicted octanol–water partition coefficient (Wildman–Crippen LogP) is 7.78. The van der Waals surface area contributed by atoms with Crippen LogP contribution in [0.15, 0.2) is 146 Å². The van der Waals surface area contributed by atoms with Gasteiger partial charge in [0.2, 0.25) is 0 Å². The second-order valence-electron chi connectivity index (χ2n) is 12.0. The third-order valence-electron chi connectivity index (χ3n) is 8.33. The van der Waals surface area contributed by atoms with Crippen LogP contribution in [0.3, 0.4) is 0 Å². The maximum atomic E-state index is 9.31. The van der Waals surface area contributed by atoms with Gasteiger partial charge in [-0.25, -0.2) is 0 Å². The number of benzene rings is 6. The molecule has 0 aromatic heterocycles. The van der Waals surface area contributed by atoms with E-state index in [1.165, 1.54) is 0 Å². The third kappa shape index (κ3) is 9.68. The Morgan fingerprint density at radius 3 is 0.815 bits per heavy atom. The van der Waals surface area contributed by atoms with Crippen LogP contribution in [0.25, 0.3) is 11.1 Å². The SMILES string of the molecule is OCCOc1cccc(N(c2ccc(-c3ccc(N(c4cccc(OCCO)c4)c4cccc(OCCO)c4)cc3)cc2)c2cccc(OCCO)c2)c1. The van der Waals surface area contributed by atoms with Gasteiger partial charge >= 0.3 is 0 Å². The number of hydrogen-bond acceptors (Lipinski definition) is 10. The van der Waals surface area contributed by atoms with Crippen LogP contribution in [-0.2, 0) is 0 Å². The summed E-state index contributed by atoms with van der Waals surface area (Å²) < 4.78 is 22.9. The van der Waals surface area contributed by atoms with Gasteiger partial charge in [0.05, 0.1) is 26.4 Å². The molecule has 4 N–H and O–H groups in total. The van der Waals surface area contributed by atoms with E-state index >= 15 is 0 Å². The van der Waals surface area contributed by atoms with Crippen molar-refractivity contribution in [1.29, 1.82) is 0 Å². The molecule has 10 heteroatoms. The summed E-state index contributed by atoms with van der Waals surface area (Å²) in [6.45, 7) is 0.428. The van der Waals surface area contributed by atoms with Crippen molar-refractivity contribution < 1.29 is 39.4 Å². The Hall–Kier alpha value is -6.04. The molecule has 0 spiro atoms. The smallest absolute Gasteiger partial charge is 0.121 e. The second-order valence-corrected chi connectivity index (χ2v) is 12.0. The molecule has 6 rings (SSSR count). The molecule has 0 aliphatic heterocycles. The molecule has 0 aliphatic rings. The van der Waals surface area contributed by atoms with Crippen LogP contribution in [0, 0.1) is 0 Å². The minimum Gasteiger partial charge on any atom is -0.491 e. The fourth-order valence-corrected chi connectivity index (χ4v) is 6.00. The van der Waals surface area contributed by atoms with Crippen LogP contribution in [0.2, 0.25) is 0 Å². The Kier molecular flexibility index (Phi) is 13.4. The molecule has 0 bridgehead atoms. The minimum atomic E-state index is -0.0835. The quantitative estimate of drug-likeness (QED) is 0.0658. The van der Waals surface area contributed by atoms with E-state index in [0.717, 1.165) is 45.3 Å². The van der Waals surface area contributed by atoms with Crippen LogP contribution in [0.5, 0.6) is 23.0 Å². The lowest BCUT2D eigenvalue weighted by atomic mass is 10.0. The molecule has 0 fully saturated rings. The molecule has 278 valence electrons. The summed E-state index contributed by atoms with van der Waals surface area (Å²) in [4.78, 5) is 4.19. The molecule has 0 radical (unpaired) electrons. The van der Waals surface area contributed by atoms with Crippen LogP contribution in [0.4, 0.5) is 34.1 Å². The summed E-state index contributed by atoms with van der Waals surface area (Å²) in [5, 5.41) is 37.2. The van der Waals surface area contributed by atoms with E-state index in [2.05, 4.69) is 58.3 Å². The maximum Gasteiger partial charge on any atom is 0.121 e. The highest BCUT2D eigenvalue weighted by atomic mass is 16.5. The number of ether oxygens (including phenoxy) is 4. The van der Waals surface area contributed by atoms with Crippen molar-refractivity contribution in [1.82, 2.24) is 0 Å². The number of nitrogens with zero attached hydrogens (tertiary/aromatic N) is 2. The van der Waals surface area contributed by atoms with Gasteiger partial charge in [0, 0.05) is 58.4 Å². The molecular weight excluding hydrogens is 684 g/mol. The highest BCUT2D eigenvalue weighted by Gasteiger charge is 2.17. The normalized spacial score (nSPS) is 10.8. The number of anilines is 6. The van der Waals surface area contributed by atoms with E-state index in [1.807, 2.05) is 97.1 Å². The van der Waals surface area contributed by atoms with Gasteiger partial charge < -0.3 is 49.2 Å². The zero-order chi connectivity index (χ0) is 37.5. The van der Waals surface area contributed by atoms with Crippen molar-refractivity contribution in [3.05, 3.63) is 146 Å². The van der Waals surface area contributed by atoms with Gasteiger partial charge in [0.15, 0.2) is 0 Å². The highest BCUT2D eigenvalue weighted by molar-refractivity contribution is 5.81. The van der Waals surface area contributed by atoms with Gasteiger partial charge in [-0.05, 0) is 83.9 Å². The first-order valence-corrected chi connectivity index (χ1v) is 17.8. The summed E-state index contributed by atoms with van der Waals surface area (Å²) in [6.07, 6.45) is 0. The molecule has 0 saturated heterocycles. The molecule has 0 unspecified atom stereocenters. The summed E-state index contributed by atoms with van der Waals surface area (Å²) in [5.74, 6) is 2.55. The molecule has 0 aliphatic carbocycles. The Balaban J connectivity index is 1.32. The Morgan fingerprint density at radius 2 is 0.574 bits per heavy atom. The van der Waals surface area contributed by atoms with E-state index in [-0.39, 0.29) is 52.9 Å². The standard InChI is InChI=1S/C44H44N2O8/c47-21-25-51-41-9-1-5-37(29-41)45(38-6-2-10-42(30-38)52-26-22-48)35-17-13-33(14-18-35)34-15-19-36(20-16-34)46(39-7-3-11-43(31-39)53-27-23-49)40-8-4-12-44(32-40)54-28-24-50/h1-20,29-32,47-50H,21-28H2. The van der Waals surface area contributed by atoms with Crippen molar-refractivity contribution in [2.75, 3.05) is 62.7 Å². The maximum absolute atomic E-state index is 9.31. The van der Waals surface area contributed by atoms with E-state index in [9.17, 15) is 20.4 Å². The van der Waals surface area contributed by atoms with Gasteiger partial charge in [0.25, 0.3) is 0 Å². The fraction of sp³-hybridized carbons (Fsp3) is 0.182. The number of aliphatic hydroxyl groups excluding tert-OH is 4. The zero-order valence-electron chi connectivity index (χ0n) is 29.8. The fourth-order valence-electron chi connectivity index (χ4n) is 6.00. The molecule has 0 amide bonds. The van der Waals surface area contributed by atoms with E-state index < -0.39 is 0 Å². The van der Waals surface area contributed by atoms with Gasteiger partial charge in [-0.2, -0.15) is 0 Å². The van der Waals surface area contributed by atoms with Gasteiger partial charge in [-0.1, -0.05) is 48.5 Å². The Morgan fingerprint density at radius 1 is 0.315 bits per heavy atom. The topological polar surface area (TPSA) is 124 Å². The van der Waals surface area contributed by atoms with Gasteiger partial charge in [-0.3, -0.25) is 0 Å². The molecular formula is C44H44N2O8. The van der Waals surface area contributed by atoms with Crippen LogP contribution < -0.4 is 28.7 Å². The van der Waals surface area contributed by atoms with Crippen molar-refractivity contribution in [2.45, 2.75) is 0 Å². The highest BCUT2D eigenvalue weighted by Crippen LogP contribution is 2.40. The molecule has 0 heterocycles.